The Labute approximate surface area is 279 Å². The second-order valence-corrected chi connectivity index (χ2v) is 12.5. The molecule has 258 valence electrons. The van der Waals surface area contributed by atoms with Gasteiger partial charge in [0.2, 0.25) is 11.8 Å². The number of pyridine rings is 1. The van der Waals surface area contributed by atoms with Gasteiger partial charge in [-0.2, -0.15) is 18.3 Å². The van der Waals surface area contributed by atoms with Crippen LogP contribution in [0.5, 0.6) is 5.88 Å². The van der Waals surface area contributed by atoms with Crippen molar-refractivity contribution >= 4 is 17.8 Å². The van der Waals surface area contributed by atoms with Gasteiger partial charge in [-0.25, -0.2) is 24.1 Å². The summed E-state index contributed by atoms with van der Waals surface area (Å²) >= 11 is 0. The molecule has 0 bridgehead atoms. The fourth-order valence-corrected chi connectivity index (χ4v) is 6.38. The molecule has 2 aliphatic rings. The van der Waals surface area contributed by atoms with Gasteiger partial charge in [0, 0.05) is 40.3 Å². The molecule has 1 aromatic carbocycles. The predicted octanol–water partition coefficient (Wildman–Crippen LogP) is 6.18. The first-order valence-electron chi connectivity index (χ1n) is 15.6. The Hall–Kier alpha value is -5.08. The average Bonchev–Trinajstić information content (AvgIpc) is 3.46. The second kappa shape index (κ2) is 12.7. The summed E-state index contributed by atoms with van der Waals surface area (Å²) in [6.45, 7) is 8.67. The zero-order valence-electron chi connectivity index (χ0n) is 27.8. The van der Waals surface area contributed by atoms with Crippen LogP contribution in [0.1, 0.15) is 53.7 Å². The maximum absolute atomic E-state index is 13.8. The number of rotatable bonds is 9. The quantitative estimate of drug-likeness (QED) is 0.191. The topological polar surface area (TPSA) is 116 Å². The molecule has 6 rings (SSSR count). The number of anilines is 1. The number of ketones is 1. The minimum absolute atomic E-state index is 0.0473. The highest BCUT2D eigenvalue weighted by Crippen LogP contribution is 2.40. The standard InChI is InChI=1S/C34H35F4N7O4/c1-17-7-22(9-24(8-17)34(36,37)38)30-21(5)44(33(47)49-30)16-28-27(12-40-32(41-28)43-14-25(35)15-43)26-10-23(11-39-31(26)48-6)29-19(3)42-45(20(29)4)13-18(2)46/h7-12,21,25,30H,13-16H2,1-6H3/t21-,30-/m0/s1. The van der Waals surface area contributed by atoms with Crippen LogP contribution < -0.4 is 9.64 Å². The van der Waals surface area contributed by atoms with Crippen molar-refractivity contribution in [1.82, 2.24) is 29.6 Å². The number of hydrogen-bond acceptors (Lipinski definition) is 9. The lowest BCUT2D eigenvalue weighted by Gasteiger charge is -2.34. The van der Waals surface area contributed by atoms with Gasteiger partial charge in [-0.05, 0) is 58.4 Å². The number of nitrogens with zero attached hydrogens (tertiary/aromatic N) is 7. The van der Waals surface area contributed by atoms with Crippen molar-refractivity contribution in [2.75, 3.05) is 25.1 Å². The molecule has 11 nitrogen and oxygen atoms in total. The van der Waals surface area contributed by atoms with Gasteiger partial charge in [-0.15, -0.1) is 0 Å². The number of halogens is 4. The molecule has 0 saturated carbocycles. The third-order valence-electron chi connectivity index (χ3n) is 8.82. The summed E-state index contributed by atoms with van der Waals surface area (Å²) in [5.41, 5.74) is 4.03. The van der Waals surface area contributed by atoms with E-state index in [0.29, 0.717) is 33.6 Å². The maximum atomic E-state index is 13.8. The second-order valence-electron chi connectivity index (χ2n) is 12.5. The molecule has 2 atom stereocenters. The number of hydrogen-bond donors (Lipinski definition) is 0. The highest BCUT2D eigenvalue weighted by Gasteiger charge is 2.42. The molecule has 5 heterocycles. The van der Waals surface area contributed by atoms with E-state index in [0.717, 1.165) is 23.4 Å². The largest absolute Gasteiger partial charge is 0.481 e. The number of alkyl halides is 4. The first-order valence-corrected chi connectivity index (χ1v) is 15.6. The molecule has 0 N–H and O–H groups in total. The highest BCUT2D eigenvalue weighted by molar-refractivity contribution is 5.80. The molecule has 15 heteroatoms. The number of carbonyl (C=O) groups excluding carboxylic acids is 2. The van der Waals surface area contributed by atoms with Gasteiger partial charge in [0.05, 0.1) is 56.3 Å². The first-order chi connectivity index (χ1) is 23.1. The van der Waals surface area contributed by atoms with E-state index in [1.807, 2.05) is 19.9 Å². The predicted molar refractivity (Wildman–Crippen MR) is 171 cm³/mol. The summed E-state index contributed by atoms with van der Waals surface area (Å²) in [6.07, 6.45) is -4.10. The first kappa shape index (κ1) is 33.8. The summed E-state index contributed by atoms with van der Waals surface area (Å²) < 4.78 is 67.7. The van der Waals surface area contributed by atoms with E-state index < -0.39 is 36.2 Å². The van der Waals surface area contributed by atoms with Gasteiger partial charge in [-0.1, -0.05) is 11.6 Å². The van der Waals surface area contributed by atoms with Gasteiger partial charge in [-0.3, -0.25) is 14.4 Å². The Morgan fingerprint density at radius 1 is 1.06 bits per heavy atom. The van der Waals surface area contributed by atoms with Crippen LogP contribution in [0.2, 0.25) is 0 Å². The average molecular weight is 682 g/mol. The van der Waals surface area contributed by atoms with Crippen molar-refractivity contribution in [2.45, 2.75) is 72.2 Å². The molecule has 0 unspecified atom stereocenters. The molecule has 2 fully saturated rings. The van der Waals surface area contributed by atoms with E-state index >= 15 is 0 Å². The van der Waals surface area contributed by atoms with E-state index in [2.05, 4.69) is 15.1 Å². The molecule has 1 amide bonds. The summed E-state index contributed by atoms with van der Waals surface area (Å²) in [7, 11) is 1.46. The van der Waals surface area contributed by atoms with Gasteiger partial charge < -0.3 is 14.4 Å². The SMILES string of the molecule is COc1ncc(-c2c(C)nn(CC(C)=O)c2C)cc1-c1cnc(N2CC(F)C2)nc1CN1C(=O)O[C@H](c2cc(C)cc(C(F)(F)F)c2)[C@@H]1C. The minimum atomic E-state index is -4.57. The van der Waals surface area contributed by atoms with Crippen molar-refractivity contribution < 1.29 is 36.6 Å². The monoisotopic (exact) mass is 681 g/mol. The molecule has 3 aromatic heterocycles. The van der Waals surface area contributed by atoms with Gasteiger partial charge in [0.15, 0.2) is 5.78 Å². The summed E-state index contributed by atoms with van der Waals surface area (Å²) in [5.74, 6) is 0.460. The van der Waals surface area contributed by atoms with Crippen LogP contribution in [-0.2, 0) is 28.8 Å². The molecule has 0 radical (unpaired) electrons. The van der Waals surface area contributed by atoms with Gasteiger partial charge >= 0.3 is 12.3 Å². The minimum Gasteiger partial charge on any atom is -0.481 e. The smallest absolute Gasteiger partial charge is 0.416 e. The van der Waals surface area contributed by atoms with Gasteiger partial charge in [0.1, 0.15) is 12.3 Å². The van der Waals surface area contributed by atoms with Crippen LogP contribution in [0.3, 0.4) is 0 Å². The Balaban J connectivity index is 1.41. The number of amides is 1. The van der Waals surface area contributed by atoms with Crippen molar-refractivity contribution in [3.05, 3.63) is 70.4 Å². The molecule has 2 saturated heterocycles. The van der Waals surface area contributed by atoms with E-state index in [4.69, 9.17) is 14.5 Å². The number of aryl methyl sites for hydroxylation is 2. The number of carbonyl (C=O) groups is 2. The van der Waals surface area contributed by atoms with Crippen molar-refractivity contribution in [2.24, 2.45) is 0 Å². The van der Waals surface area contributed by atoms with Gasteiger partial charge in [0.25, 0.3) is 0 Å². The summed E-state index contributed by atoms with van der Waals surface area (Å²) in [5, 5.41) is 4.54. The van der Waals surface area contributed by atoms with Crippen LogP contribution in [-0.4, -0.2) is 73.9 Å². The lowest BCUT2D eigenvalue weighted by molar-refractivity contribution is -0.137. The fourth-order valence-electron chi connectivity index (χ4n) is 6.38. The Kier molecular flexibility index (Phi) is 8.80. The number of Topliss-reactive ketones (excluding diaryl/α,β-unsaturated/α-hetero) is 1. The number of ether oxygens (including phenoxy) is 2. The van der Waals surface area contributed by atoms with E-state index in [1.165, 1.54) is 18.9 Å². The summed E-state index contributed by atoms with van der Waals surface area (Å²) in [6, 6.07) is 4.78. The molecule has 0 aliphatic carbocycles. The van der Waals surface area contributed by atoms with Crippen molar-refractivity contribution in [3.8, 4) is 28.1 Å². The van der Waals surface area contributed by atoms with Crippen LogP contribution in [0.15, 0.2) is 36.7 Å². The van der Waals surface area contributed by atoms with Crippen LogP contribution >= 0.6 is 0 Å². The normalized spacial score (nSPS) is 18.1. The molecule has 0 spiro atoms. The number of aromatic nitrogens is 5. The Bertz CT molecular complexity index is 1940. The van der Waals surface area contributed by atoms with E-state index in [9.17, 15) is 27.2 Å². The Morgan fingerprint density at radius 2 is 1.80 bits per heavy atom. The highest BCUT2D eigenvalue weighted by atomic mass is 19.4. The lowest BCUT2D eigenvalue weighted by atomic mass is 9.97. The zero-order chi connectivity index (χ0) is 35.4. The van der Waals surface area contributed by atoms with Crippen LogP contribution in [0, 0.1) is 20.8 Å². The third-order valence-corrected chi connectivity index (χ3v) is 8.82. The van der Waals surface area contributed by atoms with E-state index in [1.54, 1.807) is 41.9 Å². The van der Waals surface area contributed by atoms with Crippen molar-refractivity contribution in [1.29, 1.82) is 0 Å². The molecule has 4 aromatic rings. The molecule has 2 aliphatic heterocycles. The fraction of sp³-hybridized carbons (Fsp3) is 0.412. The number of cyclic esters (lactones) is 1. The van der Waals surface area contributed by atoms with Crippen LogP contribution in [0.4, 0.5) is 28.3 Å². The number of methoxy groups -OCH3 is 1. The summed E-state index contributed by atoms with van der Waals surface area (Å²) in [4.78, 5) is 42.1. The molecular formula is C34H35F4N7O4. The van der Waals surface area contributed by atoms with Crippen molar-refractivity contribution in [3.63, 3.8) is 0 Å². The van der Waals surface area contributed by atoms with Crippen LogP contribution in [0.25, 0.3) is 22.3 Å². The van der Waals surface area contributed by atoms with E-state index in [-0.39, 0.29) is 49.4 Å². The zero-order valence-corrected chi connectivity index (χ0v) is 27.8. The number of benzene rings is 1. The lowest BCUT2D eigenvalue weighted by Crippen LogP contribution is -2.49. The third kappa shape index (κ3) is 6.53. The molecular weight excluding hydrogens is 646 g/mol. The maximum Gasteiger partial charge on any atom is 0.416 e. The Morgan fingerprint density at radius 3 is 2.45 bits per heavy atom. The molecule has 49 heavy (non-hydrogen) atoms.